The molecular formula is C30H38F4N6O3. The van der Waals surface area contributed by atoms with Crippen molar-refractivity contribution in [2.45, 2.75) is 101 Å². The summed E-state index contributed by atoms with van der Waals surface area (Å²) in [5.41, 5.74) is 3.53. The maximum Gasteiger partial charge on any atom is 0.275 e. The highest BCUT2D eigenvalue weighted by atomic mass is 19.3. The molecule has 2 aromatic heterocycles. The summed E-state index contributed by atoms with van der Waals surface area (Å²) < 4.78 is 56.5. The van der Waals surface area contributed by atoms with Crippen molar-refractivity contribution in [3.05, 3.63) is 41.5 Å². The van der Waals surface area contributed by atoms with E-state index >= 15 is 0 Å². The minimum atomic E-state index is -2.59. The Balaban J connectivity index is 0.000000156. The van der Waals surface area contributed by atoms with Gasteiger partial charge in [-0.15, -0.1) is 0 Å². The number of benzene rings is 1. The van der Waals surface area contributed by atoms with Gasteiger partial charge in [0.1, 0.15) is 5.69 Å². The zero-order valence-corrected chi connectivity index (χ0v) is 24.0. The Morgan fingerprint density at radius 1 is 0.930 bits per heavy atom. The van der Waals surface area contributed by atoms with Gasteiger partial charge in [-0.2, -0.15) is 0 Å². The summed E-state index contributed by atoms with van der Waals surface area (Å²) in [5.74, 6) is -5.79. The fourth-order valence-electron chi connectivity index (χ4n) is 5.31. The summed E-state index contributed by atoms with van der Waals surface area (Å²) in [4.78, 5) is 30.8. The van der Waals surface area contributed by atoms with Crippen LogP contribution < -0.4 is 10.6 Å². The fraction of sp³-hybridized carbons (Fsp3) is 0.633. The molecule has 4 fully saturated rings. The van der Waals surface area contributed by atoms with Crippen molar-refractivity contribution in [1.82, 2.24) is 30.9 Å². The number of nitrogens with zero attached hydrogens (tertiary/aromatic N) is 3. The average Bonchev–Trinajstić information content (AvgIpc) is 3.90. The van der Waals surface area contributed by atoms with Crippen LogP contribution in [0.25, 0.3) is 11.0 Å². The smallest absolute Gasteiger partial charge is 0.275 e. The molecule has 234 valence electrons. The van der Waals surface area contributed by atoms with Crippen LogP contribution in [0.2, 0.25) is 0 Å². The van der Waals surface area contributed by atoms with Crippen LogP contribution in [0, 0.1) is 11.8 Å². The number of hydrogen-bond donors (Lipinski definition) is 3. The molecule has 0 spiro atoms. The zero-order valence-electron chi connectivity index (χ0n) is 24.0. The number of halogens is 4. The Kier molecular flexibility index (Phi) is 9.65. The maximum absolute atomic E-state index is 13.3. The molecule has 0 bridgehead atoms. The lowest BCUT2D eigenvalue weighted by Gasteiger charge is -2.34. The number of hydrogen-bond acceptors (Lipinski definition) is 6. The van der Waals surface area contributed by atoms with Gasteiger partial charge in [0, 0.05) is 51.1 Å². The third kappa shape index (κ3) is 9.49. The molecule has 3 N–H and O–H groups in total. The molecule has 43 heavy (non-hydrogen) atoms. The molecule has 4 aliphatic rings. The van der Waals surface area contributed by atoms with E-state index in [1.165, 1.54) is 19.3 Å². The van der Waals surface area contributed by atoms with Gasteiger partial charge in [0.05, 0.1) is 17.4 Å². The molecule has 0 aliphatic heterocycles. The number of imidazole rings is 1. The molecule has 1 aromatic carbocycles. The summed E-state index contributed by atoms with van der Waals surface area (Å²) in [6.07, 6.45) is 8.98. The predicted octanol–water partition coefficient (Wildman–Crippen LogP) is 6.29. The molecular weight excluding hydrogens is 568 g/mol. The first-order chi connectivity index (χ1) is 20.6. The van der Waals surface area contributed by atoms with Crippen LogP contribution in [-0.2, 0) is 11.3 Å². The number of aromatic nitrogens is 4. The Bertz CT molecular complexity index is 1380. The molecule has 13 heteroatoms. The van der Waals surface area contributed by atoms with Crippen LogP contribution in [0.3, 0.4) is 0 Å². The lowest BCUT2D eigenvalue weighted by molar-refractivity contribution is -0.133. The van der Waals surface area contributed by atoms with E-state index in [9.17, 15) is 27.2 Å². The van der Waals surface area contributed by atoms with Crippen LogP contribution in [0.5, 0.6) is 0 Å². The summed E-state index contributed by atoms with van der Waals surface area (Å²) >= 11 is 0. The number of fused-ring (bicyclic) bond motifs is 1. The van der Waals surface area contributed by atoms with Gasteiger partial charge in [0.2, 0.25) is 17.8 Å². The average molecular weight is 607 g/mol. The van der Waals surface area contributed by atoms with Gasteiger partial charge in [-0.1, -0.05) is 30.5 Å². The molecule has 7 rings (SSSR count). The fourth-order valence-corrected chi connectivity index (χ4v) is 5.31. The summed E-state index contributed by atoms with van der Waals surface area (Å²) in [7, 11) is 0. The van der Waals surface area contributed by atoms with Crippen LogP contribution in [0.4, 0.5) is 17.6 Å². The monoisotopic (exact) mass is 606 g/mol. The van der Waals surface area contributed by atoms with Crippen LogP contribution in [0.1, 0.15) is 105 Å². The van der Waals surface area contributed by atoms with E-state index < -0.39 is 11.8 Å². The van der Waals surface area contributed by atoms with E-state index in [1.807, 2.05) is 18.2 Å². The molecule has 0 saturated heterocycles. The van der Waals surface area contributed by atoms with E-state index in [2.05, 4.69) is 35.5 Å². The van der Waals surface area contributed by atoms with Crippen LogP contribution in [0.15, 0.2) is 29.2 Å². The first kappa shape index (κ1) is 30.9. The van der Waals surface area contributed by atoms with Crippen LogP contribution >= 0.6 is 0 Å². The van der Waals surface area contributed by atoms with E-state index in [1.54, 1.807) is 6.33 Å². The van der Waals surface area contributed by atoms with Gasteiger partial charge in [-0.25, -0.2) is 27.2 Å². The van der Waals surface area contributed by atoms with E-state index in [0.29, 0.717) is 18.7 Å². The predicted molar refractivity (Wildman–Crippen MR) is 150 cm³/mol. The Morgan fingerprint density at radius 3 is 2.35 bits per heavy atom. The molecule has 4 saturated carbocycles. The minimum absolute atomic E-state index is 0.0452. The Morgan fingerprint density at radius 2 is 1.67 bits per heavy atom. The highest BCUT2D eigenvalue weighted by Crippen LogP contribution is 2.44. The topological polar surface area (TPSA) is 126 Å². The largest absolute Gasteiger partial charge is 0.352 e. The lowest BCUT2D eigenvalue weighted by atomic mass is 9.79. The van der Waals surface area contributed by atoms with Crippen LogP contribution in [-0.4, -0.2) is 50.5 Å². The zero-order chi connectivity index (χ0) is 30.5. The Labute approximate surface area is 246 Å². The normalized spacial score (nSPS) is 21.8. The van der Waals surface area contributed by atoms with Crippen molar-refractivity contribution in [1.29, 1.82) is 0 Å². The number of carbonyl (C=O) groups is 2. The second-order valence-corrected chi connectivity index (χ2v) is 12.2. The highest BCUT2D eigenvalue weighted by molar-refractivity contribution is 5.93. The summed E-state index contributed by atoms with van der Waals surface area (Å²) in [6.45, 7) is 0.655. The molecule has 9 nitrogen and oxygen atoms in total. The molecule has 0 radical (unpaired) electrons. The van der Waals surface area contributed by atoms with Gasteiger partial charge in [-0.3, -0.25) is 9.59 Å². The van der Waals surface area contributed by atoms with Crippen molar-refractivity contribution in [3.8, 4) is 0 Å². The molecule has 1 atom stereocenters. The molecule has 2 heterocycles. The molecule has 3 aromatic rings. The molecule has 2 amide bonds. The number of nitrogens with one attached hydrogen (secondary N) is 3. The number of aromatic amines is 1. The van der Waals surface area contributed by atoms with E-state index in [-0.39, 0.29) is 73.9 Å². The van der Waals surface area contributed by atoms with E-state index in [4.69, 9.17) is 0 Å². The molecule has 1 unspecified atom stereocenters. The third-order valence-electron chi connectivity index (χ3n) is 7.96. The lowest BCUT2D eigenvalue weighted by Crippen LogP contribution is -2.38. The second kappa shape index (κ2) is 13.4. The highest BCUT2D eigenvalue weighted by Gasteiger charge is 2.45. The molecule has 4 aliphatic carbocycles. The van der Waals surface area contributed by atoms with Crippen molar-refractivity contribution >= 4 is 22.8 Å². The standard InChI is InChI=1S/C14H15F2N3O.C13H17F2N3O2.C3H6/c15-14(16)5-10(6-14)4-13(20)17-7-9-1-2-11-12(3-9)19-8-18-11;14-13(15)5-1-2-8(6-13)7-16-12(19)11-10(9-3-4-9)17-20-18-11;1-2-3-1/h1-3,8,10H,4-7H2,(H,17,20)(H,18,19);8-9H,1-7H2,(H,16,19);1-3H2. The minimum Gasteiger partial charge on any atom is -0.352 e. The number of amides is 2. The SMILES string of the molecule is C1CC1.O=C(CC1CC(F)(F)C1)NCc1ccc2nc[nH]c2c1.O=C(NCC1CCCC(F)(F)C1)c1nonc1C1CC1. The Hall–Kier alpha value is -3.51. The van der Waals surface area contributed by atoms with Gasteiger partial charge in [-0.05, 0) is 60.4 Å². The number of carbonyl (C=O) groups excluding carboxylic acids is 2. The van der Waals surface area contributed by atoms with Crippen molar-refractivity contribution in [2.24, 2.45) is 11.8 Å². The van der Waals surface area contributed by atoms with Gasteiger partial charge < -0.3 is 15.6 Å². The quantitative estimate of drug-likeness (QED) is 0.259. The first-order valence-electron chi connectivity index (χ1n) is 15.1. The summed E-state index contributed by atoms with van der Waals surface area (Å²) in [5, 5.41) is 12.8. The van der Waals surface area contributed by atoms with Gasteiger partial charge >= 0.3 is 0 Å². The number of rotatable bonds is 8. The van der Waals surface area contributed by atoms with Gasteiger partial charge in [0.25, 0.3) is 5.91 Å². The van der Waals surface area contributed by atoms with Crippen molar-refractivity contribution in [3.63, 3.8) is 0 Å². The van der Waals surface area contributed by atoms with Crippen molar-refractivity contribution < 1.29 is 31.8 Å². The second-order valence-electron chi connectivity index (χ2n) is 12.2. The van der Waals surface area contributed by atoms with E-state index in [0.717, 1.165) is 35.9 Å². The maximum atomic E-state index is 13.3. The summed E-state index contributed by atoms with van der Waals surface area (Å²) in [6, 6.07) is 5.68. The first-order valence-corrected chi connectivity index (χ1v) is 15.1. The number of alkyl halides is 4. The van der Waals surface area contributed by atoms with Crippen molar-refractivity contribution in [2.75, 3.05) is 6.54 Å². The third-order valence-corrected chi connectivity index (χ3v) is 7.96. The number of H-pyrrole nitrogens is 1. The van der Waals surface area contributed by atoms with Gasteiger partial charge in [0.15, 0.2) is 5.69 Å².